The number of hydrogen-bond acceptors (Lipinski definition) is 4. The van der Waals surface area contributed by atoms with Gasteiger partial charge in [-0.15, -0.1) is 0 Å². The Balaban J connectivity index is 1.91. The predicted octanol–water partition coefficient (Wildman–Crippen LogP) is 1.97. The molecule has 21 heavy (non-hydrogen) atoms. The van der Waals surface area contributed by atoms with Gasteiger partial charge >= 0.3 is 0 Å². The summed E-state index contributed by atoms with van der Waals surface area (Å²) in [6, 6.07) is 8.83. The number of ether oxygens (including phenoxy) is 1. The molecule has 1 saturated heterocycles. The smallest absolute Gasteiger partial charge is 0.123 e. The highest BCUT2D eigenvalue weighted by atomic mass is 16.5. The SMILES string of the molecule is COc1ccccc1CN(CCO)CCC1CCCN1C. The van der Waals surface area contributed by atoms with Crippen molar-refractivity contribution in [3.05, 3.63) is 29.8 Å². The minimum Gasteiger partial charge on any atom is -0.496 e. The van der Waals surface area contributed by atoms with Crippen molar-refractivity contribution in [2.45, 2.75) is 31.8 Å². The van der Waals surface area contributed by atoms with Gasteiger partial charge in [0.25, 0.3) is 0 Å². The van der Waals surface area contributed by atoms with Crippen LogP contribution in [0, 0.1) is 0 Å². The lowest BCUT2D eigenvalue weighted by molar-refractivity contribution is 0.171. The number of methoxy groups -OCH3 is 1. The number of benzene rings is 1. The molecule has 0 saturated carbocycles. The highest BCUT2D eigenvalue weighted by Gasteiger charge is 2.21. The van der Waals surface area contributed by atoms with E-state index in [2.05, 4.69) is 22.9 Å². The lowest BCUT2D eigenvalue weighted by Gasteiger charge is -2.26. The molecule has 4 nitrogen and oxygen atoms in total. The maximum atomic E-state index is 9.30. The van der Waals surface area contributed by atoms with Crippen LogP contribution in [0.25, 0.3) is 0 Å². The second-order valence-corrected chi connectivity index (χ2v) is 5.88. The summed E-state index contributed by atoms with van der Waals surface area (Å²) in [4.78, 5) is 4.78. The molecule has 0 amide bonds. The molecule has 1 aromatic carbocycles. The molecule has 0 bridgehead atoms. The van der Waals surface area contributed by atoms with Crippen LogP contribution >= 0.6 is 0 Å². The average Bonchev–Trinajstić information content (AvgIpc) is 2.91. The highest BCUT2D eigenvalue weighted by Crippen LogP contribution is 2.21. The van der Waals surface area contributed by atoms with E-state index in [4.69, 9.17) is 4.74 Å². The van der Waals surface area contributed by atoms with Gasteiger partial charge in [-0.2, -0.15) is 0 Å². The van der Waals surface area contributed by atoms with Crippen LogP contribution in [0.3, 0.4) is 0 Å². The third kappa shape index (κ3) is 4.70. The van der Waals surface area contributed by atoms with Crippen molar-refractivity contribution in [1.29, 1.82) is 0 Å². The Kier molecular flexibility index (Phi) is 6.49. The molecule has 0 radical (unpaired) electrons. The van der Waals surface area contributed by atoms with Crippen LogP contribution in [0.1, 0.15) is 24.8 Å². The van der Waals surface area contributed by atoms with Crippen LogP contribution in [0.5, 0.6) is 5.75 Å². The third-order valence-electron chi connectivity index (χ3n) is 4.45. The van der Waals surface area contributed by atoms with E-state index in [1.807, 2.05) is 18.2 Å². The molecule has 1 N–H and O–H groups in total. The first kappa shape index (κ1) is 16.3. The van der Waals surface area contributed by atoms with E-state index in [0.29, 0.717) is 12.6 Å². The molecule has 1 aromatic rings. The zero-order chi connectivity index (χ0) is 15.1. The maximum absolute atomic E-state index is 9.30. The van der Waals surface area contributed by atoms with Crippen molar-refractivity contribution in [3.8, 4) is 5.75 Å². The quantitative estimate of drug-likeness (QED) is 0.795. The van der Waals surface area contributed by atoms with E-state index < -0.39 is 0 Å². The van der Waals surface area contributed by atoms with Gasteiger partial charge in [-0.3, -0.25) is 4.90 Å². The lowest BCUT2D eigenvalue weighted by Crippen LogP contribution is -2.33. The number of aliphatic hydroxyl groups is 1. The first-order valence-electron chi connectivity index (χ1n) is 7.90. The van der Waals surface area contributed by atoms with Crippen molar-refractivity contribution in [2.75, 3.05) is 40.4 Å². The molecule has 2 rings (SSSR count). The van der Waals surface area contributed by atoms with E-state index in [-0.39, 0.29) is 6.61 Å². The number of likely N-dealkylation sites (tertiary alicyclic amines) is 1. The third-order valence-corrected chi connectivity index (χ3v) is 4.45. The van der Waals surface area contributed by atoms with Gasteiger partial charge in [0.15, 0.2) is 0 Å². The Morgan fingerprint density at radius 1 is 1.33 bits per heavy atom. The molecule has 0 aliphatic carbocycles. The van der Waals surface area contributed by atoms with Gasteiger partial charge in [-0.05, 0) is 38.9 Å². The second kappa shape index (κ2) is 8.37. The summed E-state index contributed by atoms with van der Waals surface area (Å²) in [5.41, 5.74) is 1.19. The highest BCUT2D eigenvalue weighted by molar-refractivity contribution is 5.33. The zero-order valence-corrected chi connectivity index (χ0v) is 13.3. The molecule has 118 valence electrons. The molecule has 0 aromatic heterocycles. The van der Waals surface area contributed by atoms with E-state index in [1.54, 1.807) is 7.11 Å². The van der Waals surface area contributed by atoms with Gasteiger partial charge in [0.2, 0.25) is 0 Å². The van der Waals surface area contributed by atoms with Gasteiger partial charge in [-0.1, -0.05) is 18.2 Å². The summed E-state index contributed by atoms with van der Waals surface area (Å²) >= 11 is 0. The topological polar surface area (TPSA) is 35.9 Å². The summed E-state index contributed by atoms with van der Waals surface area (Å²) in [6.07, 6.45) is 3.79. The molecule has 1 atom stereocenters. The van der Waals surface area contributed by atoms with Crippen LogP contribution in [-0.2, 0) is 6.54 Å². The number of nitrogens with zero attached hydrogens (tertiary/aromatic N) is 2. The van der Waals surface area contributed by atoms with Crippen LogP contribution < -0.4 is 4.74 Å². The molecule has 4 heteroatoms. The molecule has 0 spiro atoms. The van der Waals surface area contributed by atoms with Crippen LogP contribution in [0.15, 0.2) is 24.3 Å². The van der Waals surface area contributed by atoms with E-state index in [0.717, 1.165) is 18.8 Å². The zero-order valence-electron chi connectivity index (χ0n) is 13.3. The Bertz CT molecular complexity index is 425. The summed E-state index contributed by atoms with van der Waals surface area (Å²) in [6.45, 7) is 4.00. The van der Waals surface area contributed by atoms with Crippen molar-refractivity contribution in [2.24, 2.45) is 0 Å². The van der Waals surface area contributed by atoms with Crippen LogP contribution in [0.2, 0.25) is 0 Å². The van der Waals surface area contributed by atoms with Crippen LogP contribution in [-0.4, -0.2) is 61.3 Å². The van der Waals surface area contributed by atoms with Crippen molar-refractivity contribution >= 4 is 0 Å². The van der Waals surface area contributed by atoms with Crippen molar-refractivity contribution in [1.82, 2.24) is 9.80 Å². The molecule has 1 heterocycles. The normalized spacial score (nSPS) is 19.3. The number of rotatable bonds is 8. The summed E-state index contributed by atoms with van der Waals surface area (Å²) < 4.78 is 5.42. The van der Waals surface area contributed by atoms with Gasteiger partial charge < -0.3 is 14.7 Å². The molecular formula is C17H28N2O2. The molecule has 1 fully saturated rings. The minimum atomic E-state index is 0.204. The average molecular weight is 292 g/mol. The van der Waals surface area contributed by atoms with E-state index in [1.165, 1.54) is 31.4 Å². The fourth-order valence-electron chi connectivity index (χ4n) is 3.16. The van der Waals surface area contributed by atoms with Gasteiger partial charge in [-0.25, -0.2) is 0 Å². The van der Waals surface area contributed by atoms with Gasteiger partial charge in [0.05, 0.1) is 13.7 Å². The van der Waals surface area contributed by atoms with E-state index >= 15 is 0 Å². The Labute approximate surface area is 128 Å². The molecular weight excluding hydrogens is 264 g/mol. The number of aliphatic hydroxyl groups excluding tert-OH is 1. The standard InChI is InChI=1S/C17H28N2O2/c1-18-10-5-7-16(18)9-11-19(12-13-20)14-15-6-3-4-8-17(15)21-2/h3-4,6,8,16,20H,5,7,9-14H2,1-2H3. The fourth-order valence-corrected chi connectivity index (χ4v) is 3.16. The Morgan fingerprint density at radius 3 is 2.81 bits per heavy atom. The van der Waals surface area contributed by atoms with E-state index in [9.17, 15) is 5.11 Å². The van der Waals surface area contributed by atoms with Gasteiger partial charge in [0, 0.05) is 31.2 Å². The van der Waals surface area contributed by atoms with Crippen molar-refractivity contribution < 1.29 is 9.84 Å². The Morgan fingerprint density at radius 2 is 2.14 bits per heavy atom. The summed E-state index contributed by atoms with van der Waals surface area (Å²) in [5.74, 6) is 0.929. The Hall–Kier alpha value is -1.10. The number of para-hydroxylation sites is 1. The monoisotopic (exact) mass is 292 g/mol. The molecule has 1 unspecified atom stereocenters. The first-order chi connectivity index (χ1) is 10.2. The molecule has 1 aliphatic heterocycles. The largest absolute Gasteiger partial charge is 0.496 e. The maximum Gasteiger partial charge on any atom is 0.123 e. The van der Waals surface area contributed by atoms with Gasteiger partial charge in [0.1, 0.15) is 5.75 Å². The number of hydrogen-bond donors (Lipinski definition) is 1. The van der Waals surface area contributed by atoms with Crippen molar-refractivity contribution in [3.63, 3.8) is 0 Å². The first-order valence-corrected chi connectivity index (χ1v) is 7.90. The predicted molar refractivity (Wildman–Crippen MR) is 85.6 cm³/mol. The minimum absolute atomic E-state index is 0.204. The lowest BCUT2D eigenvalue weighted by atomic mass is 10.1. The molecule has 1 aliphatic rings. The fraction of sp³-hybridized carbons (Fsp3) is 0.647. The van der Waals surface area contributed by atoms with Crippen LogP contribution in [0.4, 0.5) is 0 Å². The summed E-state index contributed by atoms with van der Waals surface area (Å²) in [5, 5.41) is 9.30. The second-order valence-electron chi connectivity index (χ2n) is 5.88. The summed E-state index contributed by atoms with van der Waals surface area (Å²) in [7, 11) is 3.93.